The third kappa shape index (κ3) is 2.42. The highest BCUT2D eigenvalue weighted by Crippen LogP contribution is 2.27. The molecule has 1 aromatic rings. The highest BCUT2D eigenvalue weighted by molar-refractivity contribution is 5.97. The Kier molecular flexibility index (Phi) is 3.64. The molecule has 1 amide bonds. The molecule has 1 aliphatic heterocycles. The molecule has 0 spiro atoms. The number of amides is 1. The minimum atomic E-state index is 0.0792. The van der Waals surface area contributed by atoms with Crippen LogP contribution < -0.4 is 10.5 Å². The normalized spacial score (nSPS) is 14.7. The number of fused-ring (bicyclic) bond motifs is 1. The second-order valence-electron chi connectivity index (χ2n) is 4.25. The maximum atomic E-state index is 11.9. The van der Waals surface area contributed by atoms with Gasteiger partial charge < -0.3 is 15.4 Å². The fourth-order valence-corrected chi connectivity index (χ4v) is 2.01. The van der Waals surface area contributed by atoms with Gasteiger partial charge in [-0.1, -0.05) is 6.07 Å². The zero-order valence-electron chi connectivity index (χ0n) is 10.1. The molecule has 0 bridgehead atoms. The highest BCUT2D eigenvalue weighted by Gasteiger charge is 2.23. The molecule has 1 heterocycles. The Balaban J connectivity index is 2.21. The van der Waals surface area contributed by atoms with Gasteiger partial charge in [0.25, 0.3) is 5.91 Å². The maximum absolute atomic E-state index is 11.9. The fraction of sp³-hybridized carbons (Fsp3) is 0.462. The van der Waals surface area contributed by atoms with Crippen LogP contribution in [0.25, 0.3) is 0 Å². The summed E-state index contributed by atoms with van der Waals surface area (Å²) in [6.07, 6.45) is 1.69. The first-order valence-corrected chi connectivity index (χ1v) is 5.94. The van der Waals surface area contributed by atoms with E-state index >= 15 is 0 Å². The Morgan fingerprint density at radius 2 is 2.29 bits per heavy atom. The van der Waals surface area contributed by atoms with Gasteiger partial charge >= 0.3 is 0 Å². The van der Waals surface area contributed by atoms with E-state index in [0.717, 1.165) is 36.3 Å². The third-order valence-corrected chi connectivity index (χ3v) is 3.01. The van der Waals surface area contributed by atoms with Gasteiger partial charge in [-0.25, -0.2) is 0 Å². The van der Waals surface area contributed by atoms with Crippen LogP contribution in [0.2, 0.25) is 0 Å². The molecule has 2 N–H and O–H groups in total. The van der Waals surface area contributed by atoms with Crippen molar-refractivity contribution < 1.29 is 9.53 Å². The van der Waals surface area contributed by atoms with E-state index in [9.17, 15) is 4.79 Å². The second-order valence-corrected chi connectivity index (χ2v) is 4.25. The zero-order chi connectivity index (χ0) is 12.3. The summed E-state index contributed by atoms with van der Waals surface area (Å²) in [5.41, 5.74) is 7.23. The summed E-state index contributed by atoms with van der Waals surface area (Å²) >= 11 is 0. The number of carbonyl (C=O) groups excluding carboxylic acids is 1. The molecule has 0 unspecified atom stereocenters. The molecular formula is C13H18N2O2. The summed E-state index contributed by atoms with van der Waals surface area (Å²) < 4.78 is 5.68. The first-order chi connectivity index (χ1) is 8.24. The molecule has 0 radical (unpaired) electrons. The molecule has 0 atom stereocenters. The molecule has 2 rings (SSSR count). The summed E-state index contributed by atoms with van der Waals surface area (Å²) in [7, 11) is 1.83. The minimum Gasteiger partial charge on any atom is -0.493 e. The van der Waals surface area contributed by atoms with Gasteiger partial charge in [-0.15, -0.1) is 0 Å². The zero-order valence-corrected chi connectivity index (χ0v) is 10.1. The van der Waals surface area contributed by atoms with Gasteiger partial charge in [0.2, 0.25) is 0 Å². The molecule has 0 saturated heterocycles. The van der Waals surface area contributed by atoms with Gasteiger partial charge in [0.05, 0.1) is 6.61 Å². The van der Waals surface area contributed by atoms with E-state index in [1.165, 1.54) is 0 Å². The quantitative estimate of drug-likeness (QED) is 0.792. The minimum absolute atomic E-state index is 0.0792. The van der Waals surface area contributed by atoms with Gasteiger partial charge in [-0.2, -0.15) is 0 Å². The van der Waals surface area contributed by atoms with Crippen molar-refractivity contribution in [3.05, 3.63) is 29.3 Å². The molecule has 0 aliphatic carbocycles. The Morgan fingerprint density at radius 3 is 3.06 bits per heavy atom. The lowest BCUT2D eigenvalue weighted by atomic mass is 9.98. The molecular weight excluding hydrogens is 216 g/mol. The molecule has 17 heavy (non-hydrogen) atoms. The van der Waals surface area contributed by atoms with Crippen LogP contribution in [-0.2, 0) is 6.42 Å². The Bertz CT molecular complexity index is 418. The monoisotopic (exact) mass is 234 g/mol. The maximum Gasteiger partial charge on any atom is 0.254 e. The van der Waals surface area contributed by atoms with Crippen molar-refractivity contribution in [2.75, 3.05) is 26.7 Å². The summed E-state index contributed by atoms with van der Waals surface area (Å²) in [4.78, 5) is 13.7. The van der Waals surface area contributed by atoms with Gasteiger partial charge in [0, 0.05) is 24.7 Å². The highest BCUT2D eigenvalue weighted by atomic mass is 16.5. The van der Waals surface area contributed by atoms with E-state index in [0.29, 0.717) is 13.2 Å². The van der Waals surface area contributed by atoms with Crippen LogP contribution in [0.15, 0.2) is 18.2 Å². The second kappa shape index (κ2) is 5.19. The van der Waals surface area contributed by atoms with E-state index in [2.05, 4.69) is 0 Å². The number of hydrogen-bond acceptors (Lipinski definition) is 3. The van der Waals surface area contributed by atoms with Gasteiger partial charge in [-0.05, 0) is 31.5 Å². The van der Waals surface area contributed by atoms with Crippen molar-refractivity contribution in [2.24, 2.45) is 5.73 Å². The number of nitrogens with two attached hydrogens (primary N) is 1. The van der Waals surface area contributed by atoms with E-state index in [1.807, 2.05) is 25.2 Å². The number of ether oxygens (including phenoxy) is 1. The predicted molar refractivity (Wildman–Crippen MR) is 66.3 cm³/mol. The largest absolute Gasteiger partial charge is 0.493 e. The average Bonchev–Trinajstić information content (AvgIpc) is 2.35. The molecule has 1 aromatic carbocycles. The van der Waals surface area contributed by atoms with Crippen molar-refractivity contribution in [1.29, 1.82) is 0 Å². The smallest absolute Gasteiger partial charge is 0.254 e. The summed E-state index contributed by atoms with van der Waals surface area (Å²) in [5, 5.41) is 0. The van der Waals surface area contributed by atoms with Crippen LogP contribution in [0, 0.1) is 0 Å². The van der Waals surface area contributed by atoms with Crippen molar-refractivity contribution in [2.45, 2.75) is 12.8 Å². The number of carbonyl (C=O) groups is 1. The number of rotatable bonds is 4. The third-order valence-electron chi connectivity index (χ3n) is 3.01. The fourth-order valence-electron chi connectivity index (χ4n) is 2.01. The Labute approximate surface area is 101 Å². The predicted octanol–water partition coefficient (Wildman–Crippen LogP) is 1.04. The number of benzene rings is 1. The SMILES string of the molecule is CN1CCc2c(OCCCN)cccc2C1=O. The van der Waals surface area contributed by atoms with Crippen LogP contribution >= 0.6 is 0 Å². The van der Waals surface area contributed by atoms with Gasteiger partial charge in [-0.3, -0.25) is 4.79 Å². The molecule has 1 aliphatic rings. The van der Waals surface area contributed by atoms with E-state index in [4.69, 9.17) is 10.5 Å². The topological polar surface area (TPSA) is 55.6 Å². The summed E-state index contributed by atoms with van der Waals surface area (Å²) in [6.45, 7) is 1.98. The van der Waals surface area contributed by atoms with E-state index in [1.54, 1.807) is 4.90 Å². The van der Waals surface area contributed by atoms with E-state index < -0.39 is 0 Å². The van der Waals surface area contributed by atoms with Crippen LogP contribution in [0.5, 0.6) is 5.75 Å². The van der Waals surface area contributed by atoms with Crippen molar-refractivity contribution in [3.63, 3.8) is 0 Å². The van der Waals surface area contributed by atoms with Crippen LogP contribution in [-0.4, -0.2) is 37.6 Å². The van der Waals surface area contributed by atoms with Crippen molar-refractivity contribution >= 4 is 5.91 Å². The van der Waals surface area contributed by atoms with Crippen molar-refractivity contribution in [3.8, 4) is 5.75 Å². The van der Waals surface area contributed by atoms with Crippen LogP contribution in [0.3, 0.4) is 0 Å². The average molecular weight is 234 g/mol. The standard InChI is InChI=1S/C13H18N2O2/c1-15-8-6-10-11(13(15)16)4-2-5-12(10)17-9-3-7-14/h2,4-5H,3,6-9,14H2,1H3. The number of hydrogen-bond donors (Lipinski definition) is 1. The summed E-state index contributed by atoms with van der Waals surface area (Å²) in [5.74, 6) is 0.910. The van der Waals surface area contributed by atoms with Crippen LogP contribution in [0.1, 0.15) is 22.3 Å². The molecule has 4 nitrogen and oxygen atoms in total. The lowest BCUT2D eigenvalue weighted by Gasteiger charge is -2.26. The molecule has 0 fully saturated rings. The van der Waals surface area contributed by atoms with Crippen LogP contribution in [0.4, 0.5) is 0 Å². The lowest BCUT2D eigenvalue weighted by Crippen LogP contribution is -2.34. The van der Waals surface area contributed by atoms with Gasteiger partial charge in [0.1, 0.15) is 5.75 Å². The van der Waals surface area contributed by atoms with Crippen molar-refractivity contribution in [1.82, 2.24) is 4.90 Å². The first-order valence-electron chi connectivity index (χ1n) is 5.94. The summed E-state index contributed by atoms with van der Waals surface area (Å²) in [6, 6.07) is 5.66. The Hall–Kier alpha value is -1.55. The number of nitrogens with zero attached hydrogens (tertiary/aromatic N) is 1. The Morgan fingerprint density at radius 1 is 1.47 bits per heavy atom. The molecule has 92 valence electrons. The molecule has 0 aromatic heterocycles. The lowest BCUT2D eigenvalue weighted by molar-refractivity contribution is 0.0779. The van der Waals surface area contributed by atoms with E-state index in [-0.39, 0.29) is 5.91 Å². The van der Waals surface area contributed by atoms with Gasteiger partial charge in [0.15, 0.2) is 0 Å². The molecule has 0 saturated carbocycles. The molecule has 4 heteroatoms. The first kappa shape index (κ1) is 11.9. The number of likely N-dealkylation sites (N-methyl/N-ethyl adjacent to an activating group) is 1.